The number of benzene rings is 1. The Balaban J connectivity index is 3.02. The molecule has 0 radical (unpaired) electrons. The lowest BCUT2D eigenvalue weighted by molar-refractivity contribution is -0.121. The molecule has 0 saturated carbocycles. The average Bonchev–Trinajstić information content (AvgIpc) is 2.27. The summed E-state index contributed by atoms with van der Waals surface area (Å²) in [5.74, 6) is -0.739. The third-order valence-corrected chi connectivity index (χ3v) is 2.46. The van der Waals surface area contributed by atoms with Gasteiger partial charge in [-0.05, 0) is 18.2 Å². The zero-order chi connectivity index (χ0) is 13.0. The number of aliphatic hydroxyl groups excluding tert-OH is 2. The smallest absolute Gasteiger partial charge is 0.220 e. The molecule has 0 spiro atoms. The fraction of sp³-hybridized carbons (Fsp3) is 0.273. The van der Waals surface area contributed by atoms with Gasteiger partial charge in [0, 0.05) is 10.6 Å². The minimum atomic E-state index is -1.38. The Kier molecular flexibility index (Phi) is 4.46. The summed E-state index contributed by atoms with van der Waals surface area (Å²) in [5.41, 5.74) is 5.27. The van der Waals surface area contributed by atoms with Crippen LogP contribution >= 0.6 is 11.6 Å². The largest absolute Gasteiger partial charge is 0.390 e. The summed E-state index contributed by atoms with van der Waals surface area (Å²) in [4.78, 5) is 10.6. The van der Waals surface area contributed by atoms with Crippen LogP contribution in [-0.2, 0) is 4.79 Å². The lowest BCUT2D eigenvalue weighted by atomic mass is 9.97. The van der Waals surface area contributed by atoms with Gasteiger partial charge < -0.3 is 15.9 Å². The molecule has 90 valence electrons. The van der Waals surface area contributed by atoms with E-state index in [2.05, 4.69) is 0 Å². The van der Waals surface area contributed by atoms with Crippen molar-refractivity contribution >= 4 is 17.5 Å². The Morgan fingerprint density at radius 3 is 2.71 bits per heavy atom. The van der Waals surface area contributed by atoms with E-state index >= 15 is 0 Å². The van der Waals surface area contributed by atoms with E-state index in [1.54, 1.807) is 0 Å². The van der Waals surface area contributed by atoms with Crippen molar-refractivity contribution in [3.63, 3.8) is 0 Å². The molecule has 17 heavy (non-hydrogen) atoms. The highest BCUT2D eigenvalue weighted by Crippen LogP contribution is 2.25. The van der Waals surface area contributed by atoms with Crippen LogP contribution in [0.3, 0.4) is 0 Å². The van der Waals surface area contributed by atoms with Crippen LogP contribution in [0.15, 0.2) is 18.2 Å². The number of nitrogens with two attached hydrogens (primary N) is 1. The second-order valence-corrected chi connectivity index (χ2v) is 3.96. The molecule has 0 aliphatic carbocycles. The first kappa shape index (κ1) is 13.5. The van der Waals surface area contributed by atoms with Gasteiger partial charge in [-0.15, -0.1) is 0 Å². The Hall–Kier alpha value is -1.61. The molecule has 1 amide bonds. The number of carbonyl (C=O) groups excluding carboxylic acids is 1. The summed E-state index contributed by atoms with van der Waals surface area (Å²) in [6.45, 7) is 0. The van der Waals surface area contributed by atoms with Gasteiger partial charge in [0.2, 0.25) is 5.91 Å². The van der Waals surface area contributed by atoms with E-state index in [0.29, 0.717) is 5.02 Å². The van der Waals surface area contributed by atoms with Crippen LogP contribution < -0.4 is 5.73 Å². The van der Waals surface area contributed by atoms with E-state index < -0.39 is 24.5 Å². The fourth-order valence-corrected chi connectivity index (χ4v) is 1.59. The van der Waals surface area contributed by atoms with Gasteiger partial charge in [-0.2, -0.15) is 5.26 Å². The first-order valence-electron chi connectivity index (χ1n) is 4.79. The molecule has 5 nitrogen and oxygen atoms in total. The van der Waals surface area contributed by atoms with Gasteiger partial charge in [0.25, 0.3) is 0 Å². The van der Waals surface area contributed by atoms with Crippen LogP contribution in [0.5, 0.6) is 0 Å². The van der Waals surface area contributed by atoms with E-state index in [0.717, 1.165) is 0 Å². The third kappa shape index (κ3) is 3.43. The predicted molar refractivity (Wildman–Crippen MR) is 60.9 cm³/mol. The molecule has 6 heteroatoms. The summed E-state index contributed by atoms with van der Waals surface area (Å²) in [6.07, 6.45) is -3.13. The number of aliphatic hydroxyl groups is 2. The number of hydrogen-bond donors (Lipinski definition) is 3. The minimum Gasteiger partial charge on any atom is -0.390 e. The van der Waals surface area contributed by atoms with Crippen molar-refractivity contribution in [2.24, 2.45) is 5.73 Å². The molecule has 4 N–H and O–H groups in total. The molecule has 0 aliphatic heterocycles. The Labute approximate surface area is 103 Å². The number of primary amides is 1. The Bertz CT molecular complexity index is 470. The van der Waals surface area contributed by atoms with Crippen LogP contribution in [0.25, 0.3) is 0 Å². The van der Waals surface area contributed by atoms with Gasteiger partial charge in [0.1, 0.15) is 6.10 Å². The molecule has 2 atom stereocenters. The Morgan fingerprint density at radius 1 is 1.53 bits per heavy atom. The summed E-state index contributed by atoms with van der Waals surface area (Å²) in [5, 5.41) is 28.5. The predicted octanol–water partition coefficient (Wildman–Crippen LogP) is 0.481. The molecule has 0 fully saturated rings. The minimum absolute atomic E-state index is 0.175. The molecule has 0 bridgehead atoms. The average molecular weight is 255 g/mol. The molecular weight excluding hydrogens is 244 g/mol. The number of halogens is 1. The second-order valence-electron chi connectivity index (χ2n) is 3.53. The van der Waals surface area contributed by atoms with Gasteiger partial charge in [0.05, 0.1) is 24.2 Å². The molecule has 0 aliphatic rings. The lowest BCUT2D eigenvalue weighted by Crippen LogP contribution is -2.26. The number of rotatable bonds is 4. The number of nitrogens with zero attached hydrogens (tertiary/aromatic N) is 1. The maximum absolute atomic E-state index is 10.6. The summed E-state index contributed by atoms with van der Waals surface area (Å²) < 4.78 is 0. The standard InChI is InChI=1S/C11H11ClN2O3/c12-7-2-1-6(5-13)8(3-7)11(17)9(15)4-10(14)16/h1-3,9,11,15,17H,4H2,(H2,14,16). The van der Waals surface area contributed by atoms with Crippen LogP contribution in [-0.4, -0.2) is 22.2 Å². The van der Waals surface area contributed by atoms with Gasteiger partial charge in [-0.1, -0.05) is 11.6 Å². The maximum Gasteiger partial charge on any atom is 0.220 e. The zero-order valence-electron chi connectivity index (χ0n) is 8.80. The van der Waals surface area contributed by atoms with Crippen molar-refractivity contribution < 1.29 is 15.0 Å². The Morgan fingerprint density at radius 2 is 2.18 bits per heavy atom. The maximum atomic E-state index is 10.6. The second kappa shape index (κ2) is 5.64. The SMILES string of the molecule is N#Cc1ccc(Cl)cc1C(O)C(O)CC(N)=O. The van der Waals surface area contributed by atoms with Crippen molar-refractivity contribution in [3.8, 4) is 6.07 Å². The van der Waals surface area contributed by atoms with Crippen molar-refractivity contribution in [3.05, 3.63) is 34.3 Å². The topological polar surface area (TPSA) is 107 Å². The number of amides is 1. The number of carbonyl (C=O) groups is 1. The monoisotopic (exact) mass is 254 g/mol. The molecule has 1 aromatic rings. The number of nitriles is 1. The molecule has 1 rings (SSSR count). The van der Waals surface area contributed by atoms with Crippen LogP contribution in [0.4, 0.5) is 0 Å². The molecular formula is C11H11ClN2O3. The molecule has 0 aromatic heterocycles. The van der Waals surface area contributed by atoms with E-state index in [1.807, 2.05) is 6.07 Å². The van der Waals surface area contributed by atoms with Gasteiger partial charge in [-0.3, -0.25) is 4.79 Å². The third-order valence-electron chi connectivity index (χ3n) is 2.23. The van der Waals surface area contributed by atoms with Crippen molar-refractivity contribution in [1.29, 1.82) is 5.26 Å². The lowest BCUT2D eigenvalue weighted by Gasteiger charge is -2.18. The zero-order valence-corrected chi connectivity index (χ0v) is 9.55. The van der Waals surface area contributed by atoms with Gasteiger partial charge >= 0.3 is 0 Å². The molecule has 2 unspecified atom stereocenters. The van der Waals surface area contributed by atoms with E-state index in [9.17, 15) is 15.0 Å². The van der Waals surface area contributed by atoms with Crippen molar-refractivity contribution in [2.45, 2.75) is 18.6 Å². The highest BCUT2D eigenvalue weighted by Gasteiger charge is 2.23. The normalized spacial score (nSPS) is 13.8. The highest BCUT2D eigenvalue weighted by atomic mass is 35.5. The van der Waals surface area contributed by atoms with E-state index in [4.69, 9.17) is 22.6 Å². The molecule has 0 heterocycles. The fourth-order valence-electron chi connectivity index (χ4n) is 1.41. The van der Waals surface area contributed by atoms with E-state index in [-0.39, 0.29) is 11.1 Å². The van der Waals surface area contributed by atoms with Crippen molar-refractivity contribution in [1.82, 2.24) is 0 Å². The van der Waals surface area contributed by atoms with Crippen LogP contribution in [0.2, 0.25) is 5.02 Å². The van der Waals surface area contributed by atoms with Crippen LogP contribution in [0.1, 0.15) is 23.7 Å². The summed E-state index contributed by atoms with van der Waals surface area (Å²) >= 11 is 5.73. The van der Waals surface area contributed by atoms with Crippen molar-refractivity contribution in [2.75, 3.05) is 0 Å². The quantitative estimate of drug-likeness (QED) is 0.726. The summed E-state index contributed by atoms with van der Waals surface area (Å²) in [7, 11) is 0. The summed E-state index contributed by atoms with van der Waals surface area (Å²) in [6, 6.07) is 6.16. The number of hydrogen-bond acceptors (Lipinski definition) is 4. The first-order chi connectivity index (χ1) is 7.95. The molecule has 1 aromatic carbocycles. The van der Waals surface area contributed by atoms with Gasteiger partial charge in [-0.25, -0.2) is 0 Å². The van der Waals surface area contributed by atoms with E-state index in [1.165, 1.54) is 18.2 Å². The van der Waals surface area contributed by atoms with Gasteiger partial charge in [0.15, 0.2) is 0 Å². The van der Waals surface area contributed by atoms with Crippen LogP contribution in [0, 0.1) is 11.3 Å². The highest BCUT2D eigenvalue weighted by molar-refractivity contribution is 6.30. The first-order valence-corrected chi connectivity index (χ1v) is 5.17. The molecule has 0 saturated heterocycles.